The van der Waals surface area contributed by atoms with Gasteiger partial charge in [-0.25, -0.2) is 9.18 Å². The summed E-state index contributed by atoms with van der Waals surface area (Å²) in [4.78, 5) is 11.2. The summed E-state index contributed by atoms with van der Waals surface area (Å²) in [7, 11) is 1.24. The maximum atomic E-state index is 13.5. The zero-order valence-electron chi connectivity index (χ0n) is 9.07. The van der Waals surface area contributed by atoms with Gasteiger partial charge >= 0.3 is 5.97 Å². The number of hydrogen-bond acceptors (Lipinski definition) is 4. The van der Waals surface area contributed by atoms with Crippen LogP contribution in [0.25, 0.3) is 11.3 Å². The number of carbonyl (C=O) groups is 1. The molecule has 17 heavy (non-hydrogen) atoms. The Morgan fingerprint density at radius 3 is 2.82 bits per heavy atom. The molecular weight excluding hydrogens is 225 g/mol. The van der Waals surface area contributed by atoms with Gasteiger partial charge in [0.05, 0.1) is 12.7 Å². The van der Waals surface area contributed by atoms with Crippen molar-refractivity contribution in [3.05, 3.63) is 41.9 Å². The number of rotatable bonds is 2. The minimum absolute atomic E-state index is 0.0179. The maximum absolute atomic E-state index is 13.5. The van der Waals surface area contributed by atoms with E-state index in [1.165, 1.54) is 37.4 Å². The summed E-state index contributed by atoms with van der Waals surface area (Å²) in [5, 5.41) is 0. The van der Waals surface area contributed by atoms with Gasteiger partial charge in [-0.1, -0.05) is 0 Å². The molecule has 0 saturated heterocycles. The number of anilines is 1. The number of hydrogen-bond donors (Lipinski definition) is 1. The van der Waals surface area contributed by atoms with Crippen LogP contribution < -0.4 is 5.73 Å². The minimum Gasteiger partial charge on any atom is -0.463 e. The van der Waals surface area contributed by atoms with Crippen LogP contribution in [-0.2, 0) is 4.74 Å². The molecule has 1 aromatic heterocycles. The Balaban J connectivity index is 2.43. The van der Waals surface area contributed by atoms with E-state index in [-0.39, 0.29) is 17.1 Å². The third-order valence-electron chi connectivity index (χ3n) is 2.25. The molecular formula is C12H10FNO3. The summed E-state index contributed by atoms with van der Waals surface area (Å²) >= 11 is 0. The van der Waals surface area contributed by atoms with E-state index in [9.17, 15) is 9.18 Å². The molecule has 0 fully saturated rings. The normalized spacial score (nSPS) is 10.2. The van der Waals surface area contributed by atoms with Gasteiger partial charge in [0.2, 0.25) is 5.76 Å². The molecule has 2 rings (SSSR count). The van der Waals surface area contributed by atoms with Crippen molar-refractivity contribution < 1.29 is 18.3 Å². The van der Waals surface area contributed by atoms with Crippen molar-refractivity contribution in [3.8, 4) is 11.3 Å². The van der Waals surface area contributed by atoms with Crippen LogP contribution >= 0.6 is 0 Å². The van der Waals surface area contributed by atoms with Crippen LogP contribution in [0, 0.1) is 5.82 Å². The fourth-order valence-electron chi connectivity index (χ4n) is 1.42. The van der Waals surface area contributed by atoms with Gasteiger partial charge < -0.3 is 14.9 Å². The first kappa shape index (κ1) is 11.2. The Bertz CT molecular complexity index is 563. The Morgan fingerprint density at radius 1 is 1.35 bits per heavy atom. The maximum Gasteiger partial charge on any atom is 0.373 e. The van der Waals surface area contributed by atoms with E-state index in [4.69, 9.17) is 10.2 Å². The van der Waals surface area contributed by atoms with Crippen molar-refractivity contribution in [1.82, 2.24) is 0 Å². The average molecular weight is 235 g/mol. The van der Waals surface area contributed by atoms with Crippen molar-refractivity contribution in [2.45, 2.75) is 0 Å². The summed E-state index contributed by atoms with van der Waals surface area (Å²) in [6, 6.07) is 7.04. The van der Waals surface area contributed by atoms with Crippen LogP contribution in [0.3, 0.4) is 0 Å². The van der Waals surface area contributed by atoms with E-state index in [1.54, 1.807) is 0 Å². The van der Waals surface area contributed by atoms with E-state index < -0.39 is 11.8 Å². The lowest BCUT2D eigenvalue weighted by Gasteiger charge is -2.01. The third kappa shape index (κ3) is 2.13. The molecule has 0 saturated carbocycles. The number of esters is 1. The second-order valence-corrected chi connectivity index (χ2v) is 3.39. The van der Waals surface area contributed by atoms with E-state index in [2.05, 4.69) is 4.74 Å². The van der Waals surface area contributed by atoms with Gasteiger partial charge in [0.1, 0.15) is 11.6 Å². The quantitative estimate of drug-likeness (QED) is 0.641. The highest BCUT2D eigenvalue weighted by molar-refractivity contribution is 5.87. The number of furan rings is 1. The molecule has 0 bridgehead atoms. The van der Waals surface area contributed by atoms with Gasteiger partial charge in [0, 0.05) is 5.69 Å². The SMILES string of the molecule is COC(=O)c1ccc(-c2cc(N)ccc2F)o1. The van der Waals surface area contributed by atoms with Crippen molar-refractivity contribution in [2.24, 2.45) is 0 Å². The molecule has 1 aromatic carbocycles. The molecule has 0 aliphatic carbocycles. The molecule has 88 valence electrons. The molecule has 0 atom stereocenters. The van der Waals surface area contributed by atoms with Gasteiger partial charge in [-0.05, 0) is 30.3 Å². The van der Waals surface area contributed by atoms with Crippen molar-refractivity contribution in [2.75, 3.05) is 12.8 Å². The van der Waals surface area contributed by atoms with Crippen LogP contribution in [0.1, 0.15) is 10.6 Å². The van der Waals surface area contributed by atoms with E-state index in [1.807, 2.05) is 0 Å². The molecule has 2 N–H and O–H groups in total. The molecule has 0 spiro atoms. The molecule has 1 heterocycles. The minimum atomic E-state index is -0.611. The van der Waals surface area contributed by atoms with Crippen molar-refractivity contribution >= 4 is 11.7 Å². The smallest absolute Gasteiger partial charge is 0.373 e. The van der Waals surface area contributed by atoms with Crippen LogP contribution in [0.2, 0.25) is 0 Å². The monoisotopic (exact) mass is 235 g/mol. The third-order valence-corrected chi connectivity index (χ3v) is 2.25. The highest BCUT2D eigenvalue weighted by atomic mass is 19.1. The second kappa shape index (κ2) is 4.29. The Hall–Kier alpha value is -2.30. The van der Waals surface area contributed by atoms with Crippen LogP contribution in [0.4, 0.5) is 10.1 Å². The average Bonchev–Trinajstić information content (AvgIpc) is 2.80. The first-order valence-electron chi connectivity index (χ1n) is 4.85. The first-order valence-corrected chi connectivity index (χ1v) is 4.85. The topological polar surface area (TPSA) is 65.5 Å². The molecule has 0 radical (unpaired) electrons. The van der Waals surface area contributed by atoms with Crippen molar-refractivity contribution in [3.63, 3.8) is 0 Å². The molecule has 0 aliphatic rings. The lowest BCUT2D eigenvalue weighted by molar-refractivity contribution is 0.0566. The van der Waals surface area contributed by atoms with Gasteiger partial charge in [0.15, 0.2) is 0 Å². The second-order valence-electron chi connectivity index (χ2n) is 3.39. The molecule has 4 nitrogen and oxygen atoms in total. The zero-order chi connectivity index (χ0) is 12.4. The van der Waals surface area contributed by atoms with Gasteiger partial charge in [-0.2, -0.15) is 0 Å². The van der Waals surface area contributed by atoms with E-state index >= 15 is 0 Å². The van der Waals surface area contributed by atoms with Gasteiger partial charge in [0.25, 0.3) is 0 Å². The van der Waals surface area contributed by atoms with Crippen LogP contribution in [-0.4, -0.2) is 13.1 Å². The molecule has 2 aromatic rings. The summed E-state index contributed by atoms with van der Waals surface area (Å²) in [6.45, 7) is 0. The number of halogens is 1. The fraction of sp³-hybridized carbons (Fsp3) is 0.0833. The lowest BCUT2D eigenvalue weighted by Crippen LogP contribution is -1.98. The number of ether oxygens (including phenoxy) is 1. The van der Waals surface area contributed by atoms with E-state index in [0.717, 1.165) is 0 Å². The highest BCUT2D eigenvalue weighted by Gasteiger charge is 2.14. The molecule has 0 aliphatic heterocycles. The number of nitrogen functional groups attached to an aromatic ring is 1. The number of benzene rings is 1. The number of methoxy groups -OCH3 is 1. The molecule has 0 unspecified atom stereocenters. The summed E-state index contributed by atoms with van der Waals surface area (Å²) in [5.41, 5.74) is 6.18. The largest absolute Gasteiger partial charge is 0.463 e. The Labute approximate surface area is 96.8 Å². The summed E-state index contributed by atoms with van der Waals surface area (Å²) in [5.74, 6) is -0.829. The van der Waals surface area contributed by atoms with Crippen LogP contribution in [0.15, 0.2) is 34.7 Å². The number of nitrogens with two attached hydrogens (primary N) is 1. The Morgan fingerprint density at radius 2 is 2.12 bits per heavy atom. The standard InChI is InChI=1S/C12H10FNO3/c1-16-12(15)11-5-4-10(17-11)8-6-7(14)2-3-9(8)13/h2-6H,14H2,1H3. The van der Waals surface area contributed by atoms with Crippen molar-refractivity contribution in [1.29, 1.82) is 0 Å². The predicted molar refractivity (Wildman–Crippen MR) is 59.9 cm³/mol. The molecule has 5 heteroatoms. The number of carbonyl (C=O) groups excluding carboxylic acids is 1. The van der Waals surface area contributed by atoms with Gasteiger partial charge in [-0.15, -0.1) is 0 Å². The predicted octanol–water partition coefficient (Wildman–Crippen LogP) is 2.45. The van der Waals surface area contributed by atoms with E-state index in [0.29, 0.717) is 5.69 Å². The van der Waals surface area contributed by atoms with Crippen LogP contribution in [0.5, 0.6) is 0 Å². The summed E-state index contributed by atoms with van der Waals surface area (Å²) in [6.07, 6.45) is 0. The Kier molecular flexibility index (Phi) is 2.82. The van der Waals surface area contributed by atoms with Gasteiger partial charge in [-0.3, -0.25) is 0 Å². The first-order chi connectivity index (χ1) is 8.11. The lowest BCUT2D eigenvalue weighted by atomic mass is 10.1. The zero-order valence-corrected chi connectivity index (χ0v) is 9.07. The summed E-state index contributed by atoms with van der Waals surface area (Å²) < 4.78 is 23.2. The molecule has 0 amide bonds. The highest BCUT2D eigenvalue weighted by Crippen LogP contribution is 2.27. The fourth-order valence-corrected chi connectivity index (χ4v) is 1.42.